The van der Waals surface area contributed by atoms with Crippen molar-refractivity contribution in [1.82, 2.24) is 13.9 Å². The fraction of sp³-hybridized carbons (Fsp3) is 0.684. The molecule has 0 saturated carbocycles. The number of nitrogens with zero attached hydrogens (tertiary/aromatic N) is 2. The van der Waals surface area contributed by atoms with Crippen molar-refractivity contribution in [1.29, 1.82) is 0 Å². The SMILES string of the molecule is CC1CC(C)CN(S(=O)(=O)NCC2CN(Cc3ccccc3)CCO2)C1. The second-order valence-electron chi connectivity index (χ2n) is 7.83. The van der Waals surface area contributed by atoms with E-state index in [1.807, 2.05) is 18.2 Å². The quantitative estimate of drug-likeness (QED) is 0.815. The summed E-state index contributed by atoms with van der Waals surface area (Å²) < 4.78 is 35.4. The Kier molecular flexibility index (Phi) is 6.69. The Hall–Kier alpha value is -0.990. The van der Waals surface area contributed by atoms with Gasteiger partial charge in [0.1, 0.15) is 0 Å². The van der Waals surface area contributed by atoms with Crippen molar-refractivity contribution in [3.05, 3.63) is 35.9 Å². The number of nitrogens with one attached hydrogen (secondary N) is 1. The van der Waals surface area contributed by atoms with Gasteiger partial charge in [-0.05, 0) is 23.8 Å². The van der Waals surface area contributed by atoms with Crippen LogP contribution in [0.2, 0.25) is 0 Å². The monoisotopic (exact) mass is 381 g/mol. The first-order chi connectivity index (χ1) is 12.4. The zero-order valence-electron chi connectivity index (χ0n) is 15.8. The van der Waals surface area contributed by atoms with E-state index in [0.29, 0.717) is 38.1 Å². The van der Waals surface area contributed by atoms with Gasteiger partial charge in [0.2, 0.25) is 0 Å². The number of piperidine rings is 1. The molecular formula is C19H31N3O3S. The van der Waals surface area contributed by atoms with Crippen molar-refractivity contribution in [2.24, 2.45) is 11.8 Å². The van der Waals surface area contributed by atoms with Gasteiger partial charge in [-0.2, -0.15) is 17.4 Å². The Morgan fingerprint density at radius 1 is 1.12 bits per heavy atom. The van der Waals surface area contributed by atoms with Crippen LogP contribution >= 0.6 is 0 Å². The smallest absolute Gasteiger partial charge is 0.279 e. The normalized spacial score (nSPS) is 28.9. The number of hydrogen-bond acceptors (Lipinski definition) is 4. The van der Waals surface area contributed by atoms with Gasteiger partial charge < -0.3 is 4.74 Å². The number of ether oxygens (including phenoxy) is 1. The molecule has 0 spiro atoms. The summed E-state index contributed by atoms with van der Waals surface area (Å²) in [6.45, 7) is 8.88. The van der Waals surface area contributed by atoms with Crippen molar-refractivity contribution < 1.29 is 13.2 Å². The lowest BCUT2D eigenvalue weighted by atomic mass is 9.94. The molecule has 2 fully saturated rings. The maximum absolute atomic E-state index is 12.6. The Labute approximate surface area is 157 Å². The third-order valence-electron chi connectivity index (χ3n) is 5.14. The first-order valence-corrected chi connectivity index (χ1v) is 11.0. The molecule has 2 aliphatic heterocycles. The van der Waals surface area contributed by atoms with Gasteiger partial charge in [0.25, 0.3) is 10.2 Å². The molecule has 1 aromatic rings. The summed E-state index contributed by atoms with van der Waals surface area (Å²) in [6.07, 6.45) is 0.980. The van der Waals surface area contributed by atoms with E-state index >= 15 is 0 Å². The minimum Gasteiger partial charge on any atom is -0.374 e. The third-order valence-corrected chi connectivity index (χ3v) is 6.65. The average Bonchev–Trinajstić information content (AvgIpc) is 2.60. The van der Waals surface area contributed by atoms with Crippen LogP contribution < -0.4 is 4.72 Å². The van der Waals surface area contributed by atoms with Gasteiger partial charge in [0.15, 0.2) is 0 Å². The van der Waals surface area contributed by atoms with Gasteiger partial charge in [-0.25, -0.2) is 0 Å². The number of rotatable bonds is 6. The van der Waals surface area contributed by atoms with E-state index in [1.54, 1.807) is 4.31 Å². The Bertz CT molecular complexity index is 658. The maximum atomic E-state index is 12.6. The standard InChI is InChI=1S/C19H31N3O3S/c1-16-10-17(2)13-22(12-16)26(23,24)20-11-19-15-21(8-9-25-19)14-18-6-4-3-5-7-18/h3-7,16-17,19-20H,8-15H2,1-2H3. The van der Waals surface area contributed by atoms with E-state index in [2.05, 4.69) is 35.6 Å². The van der Waals surface area contributed by atoms with Crippen LogP contribution in [0.1, 0.15) is 25.8 Å². The molecular weight excluding hydrogens is 350 g/mol. The molecule has 0 radical (unpaired) electrons. The topological polar surface area (TPSA) is 61.9 Å². The fourth-order valence-electron chi connectivity index (χ4n) is 3.98. The van der Waals surface area contributed by atoms with Crippen LogP contribution in [-0.2, 0) is 21.5 Å². The molecule has 146 valence electrons. The molecule has 1 aromatic carbocycles. The van der Waals surface area contributed by atoms with E-state index in [1.165, 1.54) is 5.56 Å². The zero-order valence-corrected chi connectivity index (χ0v) is 16.6. The van der Waals surface area contributed by atoms with Crippen LogP contribution in [-0.4, -0.2) is 63.1 Å². The maximum Gasteiger partial charge on any atom is 0.279 e. The van der Waals surface area contributed by atoms with Gasteiger partial charge >= 0.3 is 0 Å². The van der Waals surface area contributed by atoms with Gasteiger partial charge in [-0.1, -0.05) is 44.2 Å². The minimum absolute atomic E-state index is 0.109. The van der Waals surface area contributed by atoms with Crippen molar-refractivity contribution in [3.8, 4) is 0 Å². The number of morpholine rings is 1. The van der Waals surface area contributed by atoms with E-state index in [4.69, 9.17) is 4.74 Å². The van der Waals surface area contributed by atoms with Crippen LogP contribution in [0.3, 0.4) is 0 Å². The lowest BCUT2D eigenvalue weighted by Gasteiger charge is -2.35. The molecule has 6 nitrogen and oxygen atoms in total. The molecule has 2 heterocycles. The summed E-state index contributed by atoms with van der Waals surface area (Å²) in [5.41, 5.74) is 1.27. The largest absolute Gasteiger partial charge is 0.374 e. The highest BCUT2D eigenvalue weighted by Gasteiger charge is 2.31. The summed E-state index contributed by atoms with van der Waals surface area (Å²) in [5, 5.41) is 0. The fourth-order valence-corrected chi connectivity index (χ4v) is 5.46. The predicted molar refractivity (Wildman–Crippen MR) is 103 cm³/mol. The minimum atomic E-state index is -3.44. The van der Waals surface area contributed by atoms with Crippen LogP contribution in [0.25, 0.3) is 0 Å². The van der Waals surface area contributed by atoms with Crippen LogP contribution in [0.4, 0.5) is 0 Å². The van der Waals surface area contributed by atoms with Gasteiger partial charge in [0, 0.05) is 39.3 Å². The van der Waals surface area contributed by atoms with Crippen molar-refractivity contribution in [2.75, 3.05) is 39.3 Å². The molecule has 26 heavy (non-hydrogen) atoms. The summed E-state index contributed by atoms with van der Waals surface area (Å²) >= 11 is 0. The van der Waals surface area contributed by atoms with Crippen LogP contribution in [0.5, 0.6) is 0 Å². The van der Waals surface area contributed by atoms with E-state index in [-0.39, 0.29) is 6.10 Å². The Morgan fingerprint density at radius 2 is 1.81 bits per heavy atom. The molecule has 3 atom stereocenters. The summed E-state index contributed by atoms with van der Waals surface area (Å²) in [7, 11) is -3.44. The average molecular weight is 382 g/mol. The molecule has 0 bridgehead atoms. The van der Waals surface area contributed by atoms with Crippen molar-refractivity contribution in [2.45, 2.75) is 32.9 Å². The van der Waals surface area contributed by atoms with E-state index in [9.17, 15) is 8.42 Å². The highest BCUT2D eigenvalue weighted by atomic mass is 32.2. The van der Waals surface area contributed by atoms with Crippen LogP contribution in [0, 0.1) is 11.8 Å². The summed E-state index contributed by atoms with van der Waals surface area (Å²) in [5.74, 6) is 0.810. The number of hydrogen-bond donors (Lipinski definition) is 1. The molecule has 3 rings (SSSR count). The Morgan fingerprint density at radius 3 is 2.50 bits per heavy atom. The lowest BCUT2D eigenvalue weighted by molar-refractivity contribution is -0.0278. The van der Waals surface area contributed by atoms with Gasteiger partial charge in [-0.15, -0.1) is 0 Å². The summed E-state index contributed by atoms with van der Waals surface area (Å²) in [4.78, 5) is 2.32. The molecule has 2 aliphatic rings. The molecule has 0 aromatic heterocycles. The number of benzene rings is 1. The van der Waals surface area contributed by atoms with Crippen LogP contribution in [0.15, 0.2) is 30.3 Å². The van der Waals surface area contributed by atoms with Crippen molar-refractivity contribution >= 4 is 10.2 Å². The highest BCUT2D eigenvalue weighted by Crippen LogP contribution is 2.22. The summed E-state index contributed by atoms with van der Waals surface area (Å²) in [6, 6.07) is 10.3. The second kappa shape index (κ2) is 8.80. The van der Waals surface area contributed by atoms with E-state index < -0.39 is 10.2 Å². The molecule has 0 amide bonds. The molecule has 0 aliphatic carbocycles. The lowest BCUT2D eigenvalue weighted by Crippen LogP contribution is -2.52. The third kappa shape index (κ3) is 5.50. The second-order valence-corrected chi connectivity index (χ2v) is 9.59. The molecule has 2 saturated heterocycles. The first-order valence-electron chi connectivity index (χ1n) is 9.55. The predicted octanol–water partition coefficient (Wildman–Crippen LogP) is 1.70. The van der Waals surface area contributed by atoms with Gasteiger partial charge in [-0.3, -0.25) is 4.90 Å². The first kappa shape index (κ1) is 19.8. The van der Waals surface area contributed by atoms with Crippen molar-refractivity contribution in [3.63, 3.8) is 0 Å². The van der Waals surface area contributed by atoms with Gasteiger partial charge in [0.05, 0.1) is 12.7 Å². The molecule has 7 heteroatoms. The van der Waals surface area contributed by atoms with E-state index in [0.717, 1.165) is 26.1 Å². The highest BCUT2D eigenvalue weighted by molar-refractivity contribution is 7.87. The zero-order chi connectivity index (χ0) is 18.6. The molecule has 3 unspecified atom stereocenters. The molecule has 1 N–H and O–H groups in total. The Balaban J connectivity index is 1.50.